The number of hydrogen-bond acceptors (Lipinski definition) is 6. The van der Waals surface area contributed by atoms with Crippen LogP contribution < -0.4 is 25.0 Å². The van der Waals surface area contributed by atoms with E-state index >= 15 is 0 Å². The molecule has 9 nitrogen and oxygen atoms in total. The Morgan fingerprint density at radius 3 is 1.98 bits per heavy atom. The second-order valence-electron chi connectivity index (χ2n) is 11.3. The number of ether oxygens (including phenoxy) is 2. The zero-order chi connectivity index (χ0) is 31.8. The van der Waals surface area contributed by atoms with Crippen LogP contribution >= 0.6 is 0 Å². The number of nitrogens with one attached hydrogen (secondary N) is 2. The number of amides is 2. The number of nitrogens with zero attached hydrogens (tertiary/aromatic N) is 1. The maximum absolute atomic E-state index is 12.9. The van der Waals surface area contributed by atoms with Crippen molar-refractivity contribution >= 4 is 29.2 Å². The highest BCUT2D eigenvalue weighted by Crippen LogP contribution is 2.28. The van der Waals surface area contributed by atoms with Crippen LogP contribution in [0.2, 0.25) is 0 Å². The van der Waals surface area contributed by atoms with Crippen LogP contribution in [0, 0.1) is 0 Å². The molecule has 232 valence electrons. The lowest BCUT2D eigenvalue weighted by molar-refractivity contribution is -0.115. The van der Waals surface area contributed by atoms with E-state index in [1.807, 2.05) is 67.5 Å². The van der Waals surface area contributed by atoms with E-state index in [1.54, 1.807) is 42.5 Å². The van der Waals surface area contributed by atoms with Crippen LogP contribution in [0.15, 0.2) is 97.1 Å². The van der Waals surface area contributed by atoms with Crippen molar-refractivity contribution in [3.8, 4) is 17.2 Å². The van der Waals surface area contributed by atoms with Gasteiger partial charge in [0.15, 0.2) is 0 Å². The number of carbonyl (C=O) groups is 3. The predicted octanol–water partition coefficient (Wildman–Crippen LogP) is 6.54. The summed E-state index contributed by atoms with van der Waals surface area (Å²) in [5.41, 5.74) is 2.66. The summed E-state index contributed by atoms with van der Waals surface area (Å²) < 4.78 is 12.2. The molecule has 5 rings (SSSR count). The minimum atomic E-state index is -1.10. The van der Waals surface area contributed by atoms with E-state index in [0.29, 0.717) is 17.1 Å². The number of carbonyl (C=O) groups excluding carboxylic acids is 2. The van der Waals surface area contributed by atoms with Gasteiger partial charge in [-0.1, -0.05) is 36.4 Å². The van der Waals surface area contributed by atoms with Gasteiger partial charge in [0, 0.05) is 25.8 Å². The number of para-hydroxylation sites is 2. The Labute approximate surface area is 262 Å². The van der Waals surface area contributed by atoms with Crippen molar-refractivity contribution in [2.45, 2.75) is 44.2 Å². The first kappa shape index (κ1) is 31.1. The molecule has 0 aromatic heterocycles. The molecule has 4 aromatic carbocycles. The summed E-state index contributed by atoms with van der Waals surface area (Å²) in [5, 5.41) is 15.2. The van der Waals surface area contributed by atoms with Gasteiger partial charge in [0.1, 0.15) is 17.2 Å². The standard InChI is InChI=1S/C36H37N3O6/c1-39(2)33-10-6-4-8-31(33)35(41)37-25-13-17-27(18-14-25)45-29-21-19-28(20-22-29)44-26-15-11-24(12-16-26)23-34(40)38-32-9-5-3-7-30(32)36(42)43/h3-12,15-16,19-22,25,27H,13-14,17-18,23H2,1-2H3,(H,37,41)(H,38,40)(H,42,43). The normalized spacial score (nSPS) is 15.9. The molecule has 0 heterocycles. The first-order chi connectivity index (χ1) is 21.7. The highest BCUT2D eigenvalue weighted by atomic mass is 16.5. The highest BCUT2D eigenvalue weighted by molar-refractivity contribution is 6.01. The molecule has 1 fully saturated rings. The number of carboxylic acid groups (broad SMARTS) is 1. The SMILES string of the molecule is CN(C)c1ccccc1C(=O)NC1CCC(Oc2ccc(Oc3ccc(CC(=O)Nc4ccccc4C(=O)O)cc3)cc2)CC1. The molecule has 2 amide bonds. The lowest BCUT2D eigenvalue weighted by Gasteiger charge is -2.30. The Balaban J connectivity index is 1.06. The summed E-state index contributed by atoms with van der Waals surface area (Å²) in [5.74, 6) is 0.593. The van der Waals surface area contributed by atoms with Gasteiger partial charge in [-0.3, -0.25) is 9.59 Å². The van der Waals surface area contributed by atoms with Gasteiger partial charge in [0.05, 0.1) is 29.3 Å². The van der Waals surface area contributed by atoms with Crippen LogP contribution in [0.5, 0.6) is 17.2 Å². The number of aromatic carboxylic acids is 1. The summed E-state index contributed by atoms with van der Waals surface area (Å²) >= 11 is 0. The number of benzene rings is 4. The van der Waals surface area contributed by atoms with E-state index in [-0.39, 0.29) is 41.6 Å². The van der Waals surface area contributed by atoms with E-state index in [4.69, 9.17) is 9.47 Å². The van der Waals surface area contributed by atoms with E-state index in [0.717, 1.165) is 42.7 Å². The van der Waals surface area contributed by atoms with E-state index in [2.05, 4.69) is 10.6 Å². The molecule has 3 N–H and O–H groups in total. The molecule has 0 spiro atoms. The van der Waals surface area contributed by atoms with E-state index in [9.17, 15) is 19.5 Å². The van der Waals surface area contributed by atoms with Gasteiger partial charge in [-0.15, -0.1) is 0 Å². The summed E-state index contributed by atoms with van der Waals surface area (Å²) in [6, 6.07) is 28.7. The number of rotatable bonds is 11. The molecule has 0 unspecified atom stereocenters. The highest BCUT2D eigenvalue weighted by Gasteiger charge is 2.25. The van der Waals surface area contributed by atoms with Crippen molar-refractivity contribution in [2.24, 2.45) is 0 Å². The Kier molecular flexibility index (Phi) is 9.99. The number of anilines is 2. The van der Waals surface area contributed by atoms with Gasteiger partial charge in [-0.2, -0.15) is 0 Å². The molecule has 1 saturated carbocycles. The molecule has 0 radical (unpaired) electrons. The zero-order valence-corrected chi connectivity index (χ0v) is 25.4. The van der Waals surface area contributed by atoms with Crippen molar-refractivity contribution < 1.29 is 29.0 Å². The molecule has 1 aliphatic rings. The summed E-state index contributed by atoms with van der Waals surface area (Å²) in [4.78, 5) is 38.7. The fourth-order valence-corrected chi connectivity index (χ4v) is 5.39. The number of carboxylic acids is 1. The Bertz CT molecular complexity index is 1630. The van der Waals surface area contributed by atoms with Gasteiger partial charge in [0.2, 0.25) is 5.91 Å². The molecule has 1 aliphatic carbocycles. The van der Waals surface area contributed by atoms with Crippen molar-refractivity contribution in [2.75, 3.05) is 24.3 Å². The molecule has 0 aliphatic heterocycles. The van der Waals surface area contributed by atoms with Crippen LogP contribution in [0.1, 0.15) is 52.0 Å². The largest absolute Gasteiger partial charge is 0.490 e. The van der Waals surface area contributed by atoms with Crippen LogP contribution in [-0.2, 0) is 11.2 Å². The monoisotopic (exact) mass is 607 g/mol. The fraction of sp³-hybridized carbons (Fsp3) is 0.250. The molecule has 4 aromatic rings. The van der Waals surface area contributed by atoms with Crippen molar-refractivity contribution in [3.63, 3.8) is 0 Å². The van der Waals surface area contributed by atoms with Gasteiger partial charge in [-0.05, 0) is 91.9 Å². The van der Waals surface area contributed by atoms with Crippen molar-refractivity contribution in [1.29, 1.82) is 0 Å². The molecule has 0 atom stereocenters. The zero-order valence-electron chi connectivity index (χ0n) is 25.4. The quantitative estimate of drug-likeness (QED) is 0.177. The van der Waals surface area contributed by atoms with Crippen molar-refractivity contribution in [3.05, 3.63) is 114 Å². The third-order valence-electron chi connectivity index (χ3n) is 7.72. The first-order valence-electron chi connectivity index (χ1n) is 15.0. The molecule has 9 heteroatoms. The van der Waals surface area contributed by atoms with E-state index < -0.39 is 5.97 Å². The van der Waals surface area contributed by atoms with Crippen LogP contribution in [0.4, 0.5) is 11.4 Å². The minimum Gasteiger partial charge on any atom is -0.490 e. The van der Waals surface area contributed by atoms with Crippen LogP contribution in [0.25, 0.3) is 0 Å². The van der Waals surface area contributed by atoms with Gasteiger partial charge < -0.3 is 30.1 Å². The smallest absolute Gasteiger partial charge is 0.337 e. The lowest BCUT2D eigenvalue weighted by atomic mass is 9.92. The maximum Gasteiger partial charge on any atom is 0.337 e. The number of hydrogen-bond donors (Lipinski definition) is 3. The van der Waals surface area contributed by atoms with E-state index in [1.165, 1.54) is 6.07 Å². The molecule has 45 heavy (non-hydrogen) atoms. The molecular formula is C36H37N3O6. The second kappa shape index (κ2) is 14.4. The van der Waals surface area contributed by atoms with Gasteiger partial charge >= 0.3 is 5.97 Å². The predicted molar refractivity (Wildman–Crippen MR) is 174 cm³/mol. The maximum atomic E-state index is 12.9. The average Bonchev–Trinajstić information content (AvgIpc) is 3.04. The second-order valence-corrected chi connectivity index (χ2v) is 11.3. The topological polar surface area (TPSA) is 117 Å². The van der Waals surface area contributed by atoms with Gasteiger partial charge in [-0.25, -0.2) is 4.79 Å². The van der Waals surface area contributed by atoms with Gasteiger partial charge in [0.25, 0.3) is 5.91 Å². The average molecular weight is 608 g/mol. The Morgan fingerprint density at radius 1 is 0.756 bits per heavy atom. The summed E-state index contributed by atoms with van der Waals surface area (Å²) in [7, 11) is 3.87. The first-order valence-corrected chi connectivity index (χ1v) is 15.0. The Hall–Kier alpha value is -5.31. The Morgan fingerprint density at radius 2 is 1.33 bits per heavy atom. The molecule has 0 bridgehead atoms. The molecule has 0 saturated heterocycles. The fourth-order valence-electron chi connectivity index (χ4n) is 5.39. The third kappa shape index (κ3) is 8.41. The lowest BCUT2D eigenvalue weighted by Crippen LogP contribution is -2.40. The summed E-state index contributed by atoms with van der Waals surface area (Å²) in [6.45, 7) is 0. The van der Waals surface area contributed by atoms with Crippen molar-refractivity contribution in [1.82, 2.24) is 5.32 Å². The van der Waals surface area contributed by atoms with Crippen LogP contribution in [0.3, 0.4) is 0 Å². The summed E-state index contributed by atoms with van der Waals surface area (Å²) in [6.07, 6.45) is 3.61. The molecular weight excluding hydrogens is 570 g/mol. The third-order valence-corrected chi connectivity index (χ3v) is 7.72. The van der Waals surface area contributed by atoms with Crippen LogP contribution in [-0.4, -0.2) is 49.1 Å². The minimum absolute atomic E-state index is 0.0430.